The summed E-state index contributed by atoms with van der Waals surface area (Å²) in [5.74, 6) is 1.56. The van der Waals surface area contributed by atoms with Gasteiger partial charge in [-0.05, 0) is 50.3 Å². The second-order valence-corrected chi connectivity index (χ2v) is 7.00. The zero-order valence-electron chi connectivity index (χ0n) is 15.0. The third-order valence-electron chi connectivity index (χ3n) is 5.63. The van der Waals surface area contributed by atoms with Crippen LogP contribution < -0.4 is 9.47 Å². The van der Waals surface area contributed by atoms with E-state index in [2.05, 4.69) is 4.90 Å². The summed E-state index contributed by atoms with van der Waals surface area (Å²) in [6.07, 6.45) is 3.40. The first-order chi connectivity index (χ1) is 11.6. The molecule has 1 N–H and O–H groups in total. The second-order valence-electron chi connectivity index (χ2n) is 7.00. The SMILES string of the molecule is COc1cc(C)ccc1OCCN1CC[C@]2(OC)CC[C@@H](O)C[C@H]12. The number of rotatable bonds is 6. The van der Waals surface area contributed by atoms with Crippen molar-refractivity contribution < 1.29 is 19.3 Å². The van der Waals surface area contributed by atoms with Crippen molar-refractivity contribution in [2.45, 2.75) is 50.4 Å². The average Bonchev–Trinajstić information content (AvgIpc) is 2.95. The third-order valence-corrected chi connectivity index (χ3v) is 5.63. The van der Waals surface area contributed by atoms with Crippen LogP contribution in [0.4, 0.5) is 0 Å². The van der Waals surface area contributed by atoms with Gasteiger partial charge in [0.25, 0.3) is 0 Å². The molecule has 134 valence electrons. The minimum Gasteiger partial charge on any atom is -0.493 e. The Kier molecular flexibility index (Phi) is 5.33. The summed E-state index contributed by atoms with van der Waals surface area (Å²) < 4.78 is 17.2. The Morgan fingerprint density at radius 3 is 2.83 bits per heavy atom. The van der Waals surface area contributed by atoms with Crippen LogP contribution in [-0.2, 0) is 4.74 Å². The molecule has 0 bridgehead atoms. The molecule has 3 atom stereocenters. The Morgan fingerprint density at radius 2 is 2.08 bits per heavy atom. The van der Waals surface area contributed by atoms with Crippen LogP contribution in [0.5, 0.6) is 11.5 Å². The van der Waals surface area contributed by atoms with Crippen LogP contribution in [0, 0.1) is 6.92 Å². The number of methoxy groups -OCH3 is 2. The lowest BCUT2D eigenvalue weighted by Crippen LogP contribution is -2.52. The quantitative estimate of drug-likeness (QED) is 0.865. The van der Waals surface area contributed by atoms with Gasteiger partial charge in [-0.25, -0.2) is 0 Å². The number of hydrogen-bond acceptors (Lipinski definition) is 5. The van der Waals surface area contributed by atoms with Gasteiger partial charge in [0.2, 0.25) is 0 Å². The number of aryl methyl sites for hydroxylation is 1. The molecule has 1 heterocycles. The fourth-order valence-electron chi connectivity index (χ4n) is 4.20. The molecule has 2 fully saturated rings. The molecule has 2 aliphatic rings. The maximum atomic E-state index is 10.1. The van der Waals surface area contributed by atoms with E-state index in [-0.39, 0.29) is 17.7 Å². The van der Waals surface area contributed by atoms with Crippen molar-refractivity contribution in [3.63, 3.8) is 0 Å². The van der Waals surface area contributed by atoms with E-state index in [1.807, 2.05) is 32.2 Å². The molecule has 0 unspecified atom stereocenters. The van der Waals surface area contributed by atoms with Crippen LogP contribution in [-0.4, -0.2) is 61.7 Å². The zero-order chi connectivity index (χ0) is 17.2. The van der Waals surface area contributed by atoms with E-state index < -0.39 is 0 Å². The first kappa shape index (κ1) is 17.5. The van der Waals surface area contributed by atoms with Crippen LogP contribution in [0.25, 0.3) is 0 Å². The minimum atomic E-state index is -0.211. The monoisotopic (exact) mass is 335 g/mol. The number of benzene rings is 1. The lowest BCUT2D eigenvalue weighted by atomic mass is 9.79. The molecule has 1 aromatic carbocycles. The molecular formula is C19H29NO4. The molecular weight excluding hydrogens is 306 g/mol. The largest absolute Gasteiger partial charge is 0.493 e. The number of nitrogens with zero attached hydrogens (tertiary/aromatic N) is 1. The van der Waals surface area contributed by atoms with Gasteiger partial charge in [0.1, 0.15) is 6.61 Å². The fourth-order valence-corrected chi connectivity index (χ4v) is 4.20. The predicted molar refractivity (Wildman–Crippen MR) is 92.8 cm³/mol. The standard InChI is InChI=1S/C19H29NO4/c1-14-4-5-16(17(12-14)22-2)24-11-10-20-9-8-19(23-3)7-6-15(21)13-18(19)20/h4-5,12,15,18,21H,6-11,13H2,1-3H3/t15-,18+,19-/m1/s1. The summed E-state index contributed by atoms with van der Waals surface area (Å²) in [7, 11) is 3.47. The van der Waals surface area contributed by atoms with Gasteiger partial charge in [0.05, 0.1) is 18.8 Å². The minimum absolute atomic E-state index is 0.0826. The molecule has 3 rings (SSSR count). The second kappa shape index (κ2) is 7.30. The van der Waals surface area contributed by atoms with Crippen LogP contribution in [0.3, 0.4) is 0 Å². The number of aliphatic hydroxyl groups excluding tert-OH is 1. The number of fused-ring (bicyclic) bond motifs is 1. The molecule has 0 radical (unpaired) electrons. The molecule has 1 saturated carbocycles. The van der Waals surface area contributed by atoms with Gasteiger partial charge in [-0.3, -0.25) is 4.90 Å². The van der Waals surface area contributed by atoms with Gasteiger partial charge in [0, 0.05) is 26.2 Å². The molecule has 1 aromatic rings. The van der Waals surface area contributed by atoms with E-state index in [9.17, 15) is 5.11 Å². The van der Waals surface area contributed by atoms with Gasteiger partial charge in [-0.15, -0.1) is 0 Å². The fraction of sp³-hybridized carbons (Fsp3) is 0.684. The Balaban J connectivity index is 1.59. The summed E-state index contributed by atoms with van der Waals surface area (Å²) in [5, 5.41) is 10.1. The molecule has 0 spiro atoms. The van der Waals surface area contributed by atoms with Gasteiger partial charge in [-0.1, -0.05) is 6.07 Å². The Labute approximate surface area is 144 Å². The van der Waals surface area contributed by atoms with Crippen molar-refractivity contribution in [2.75, 3.05) is 33.9 Å². The van der Waals surface area contributed by atoms with Crippen LogP contribution >= 0.6 is 0 Å². The van der Waals surface area contributed by atoms with Gasteiger partial charge in [-0.2, -0.15) is 0 Å². The highest BCUT2D eigenvalue weighted by Crippen LogP contribution is 2.42. The Morgan fingerprint density at radius 1 is 1.25 bits per heavy atom. The molecule has 0 aromatic heterocycles. The predicted octanol–water partition coefficient (Wildman–Crippen LogP) is 2.39. The van der Waals surface area contributed by atoms with Gasteiger partial charge in [0.15, 0.2) is 11.5 Å². The first-order valence-electron chi connectivity index (χ1n) is 8.82. The third kappa shape index (κ3) is 3.39. The lowest BCUT2D eigenvalue weighted by Gasteiger charge is -2.42. The molecule has 5 nitrogen and oxygen atoms in total. The highest BCUT2D eigenvalue weighted by molar-refractivity contribution is 5.42. The van der Waals surface area contributed by atoms with Gasteiger partial charge >= 0.3 is 0 Å². The van der Waals surface area contributed by atoms with E-state index in [0.29, 0.717) is 6.61 Å². The topological polar surface area (TPSA) is 51.2 Å². The van der Waals surface area contributed by atoms with Crippen molar-refractivity contribution in [3.05, 3.63) is 23.8 Å². The highest BCUT2D eigenvalue weighted by atomic mass is 16.5. The first-order valence-corrected chi connectivity index (χ1v) is 8.82. The normalized spacial score (nSPS) is 30.2. The molecule has 1 aliphatic heterocycles. The van der Waals surface area contributed by atoms with Crippen molar-refractivity contribution in [1.82, 2.24) is 4.90 Å². The Bertz CT molecular complexity index is 564. The molecule has 5 heteroatoms. The number of aliphatic hydroxyl groups is 1. The van der Waals surface area contributed by atoms with Crippen molar-refractivity contribution in [3.8, 4) is 11.5 Å². The summed E-state index contributed by atoms with van der Waals surface area (Å²) in [6.45, 7) is 4.47. The van der Waals surface area contributed by atoms with Crippen molar-refractivity contribution in [1.29, 1.82) is 0 Å². The maximum absolute atomic E-state index is 10.1. The van der Waals surface area contributed by atoms with E-state index >= 15 is 0 Å². The summed E-state index contributed by atoms with van der Waals surface area (Å²) >= 11 is 0. The van der Waals surface area contributed by atoms with E-state index in [1.165, 1.54) is 0 Å². The maximum Gasteiger partial charge on any atom is 0.161 e. The number of likely N-dealkylation sites (tertiary alicyclic amines) is 1. The lowest BCUT2D eigenvalue weighted by molar-refractivity contribution is -0.0876. The number of hydrogen-bond donors (Lipinski definition) is 1. The van der Waals surface area contributed by atoms with Crippen LogP contribution in [0.1, 0.15) is 31.2 Å². The Hall–Kier alpha value is -1.30. The molecule has 0 amide bonds. The van der Waals surface area contributed by atoms with E-state index in [0.717, 1.165) is 55.8 Å². The summed E-state index contributed by atoms with van der Waals surface area (Å²) in [5.41, 5.74) is 1.07. The molecule has 1 aliphatic carbocycles. The van der Waals surface area contributed by atoms with Gasteiger partial charge < -0.3 is 19.3 Å². The zero-order valence-corrected chi connectivity index (χ0v) is 15.0. The highest BCUT2D eigenvalue weighted by Gasteiger charge is 2.50. The number of ether oxygens (including phenoxy) is 3. The molecule has 1 saturated heterocycles. The smallest absolute Gasteiger partial charge is 0.161 e. The van der Waals surface area contributed by atoms with Crippen LogP contribution in [0.15, 0.2) is 18.2 Å². The van der Waals surface area contributed by atoms with Crippen LogP contribution in [0.2, 0.25) is 0 Å². The van der Waals surface area contributed by atoms with Crippen molar-refractivity contribution in [2.24, 2.45) is 0 Å². The molecule has 24 heavy (non-hydrogen) atoms. The summed E-state index contributed by atoms with van der Waals surface area (Å²) in [4.78, 5) is 2.41. The van der Waals surface area contributed by atoms with Crippen molar-refractivity contribution >= 4 is 0 Å². The summed E-state index contributed by atoms with van der Waals surface area (Å²) in [6, 6.07) is 6.26. The van der Waals surface area contributed by atoms with E-state index in [1.54, 1.807) is 7.11 Å². The van der Waals surface area contributed by atoms with E-state index in [4.69, 9.17) is 14.2 Å². The average molecular weight is 335 g/mol.